The van der Waals surface area contributed by atoms with Crippen LogP contribution in [0.1, 0.15) is 51.0 Å². The molecular weight excluding hydrogens is 418 g/mol. The lowest BCUT2D eigenvalue weighted by Crippen LogP contribution is -2.58. The molecule has 2 aliphatic rings. The number of hydrogen-bond donors (Lipinski definition) is 1. The molecule has 3 rings (SSSR count). The van der Waals surface area contributed by atoms with Gasteiger partial charge in [-0.05, 0) is 12.1 Å². The Hall–Kier alpha value is -2.81. The maximum atomic E-state index is 12.0. The van der Waals surface area contributed by atoms with Gasteiger partial charge in [0.1, 0.15) is 12.6 Å². The third-order valence-electron chi connectivity index (χ3n) is 6.70. The van der Waals surface area contributed by atoms with Crippen LogP contribution in [0.15, 0.2) is 12.1 Å². The summed E-state index contributed by atoms with van der Waals surface area (Å²) in [7, 11) is 5.27. The highest BCUT2D eigenvalue weighted by Crippen LogP contribution is 2.45. The van der Waals surface area contributed by atoms with E-state index in [-0.39, 0.29) is 24.7 Å². The molecule has 1 aromatic carbocycles. The molecule has 176 valence electrons. The molecule has 1 N–H and O–H groups in total. The van der Waals surface area contributed by atoms with E-state index in [1.54, 1.807) is 0 Å². The number of piperidine rings is 1. The number of carbonyl (C=O) groups is 3. The average Bonchev–Trinajstić information content (AvgIpc) is 2.90. The van der Waals surface area contributed by atoms with Crippen molar-refractivity contribution in [1.82, 2.24) is 0 Å². The third kappa shape index (κ3) is 5.15. The van der Waals surface area contributed by atoms with Crippen LogP contribution in [0.2, 0.25) is 0 Å². The standard InChI is InChI=1S/C23H31NO8/c1-14(25)31-23-19(29-3)9-15(10-20(23)30-4)13-24(2)16-5-6-17(24)12-18(11-16)32-22(28)8-7-21(26)27/h9-10,16-18H,5-8,11-13H2,1-4H3/p+1. The number of aliphatic carboxylic acids is 1. The minimum atomic E-state index is -1.000. The molecule has 2 bridgehead atoms. The highest BCUT2D eigenvalue weighted by atomic mass is 16.6. The fraction of sp³-hybridized carbons (Fsp3) is 0.609. The van der Waals surface area contributed by atoms with Gasteiger partial charge in [0.2, 0.25) is 5.75 Å². The van der Waals surface area contributed by atoms with Gasteiger partial charge >= 0.3 is 17.9 Å². The van der Waals surface area contributed by atoms with Crippen LogP contribution in [0.4, 0.5) is 0 Å². The number of benzene rings is 1. The highest BCUT2D eigenvalue weighted by Gasteiger charge is 2.52. The van der Waals surface area contributed by atoms with Crippen LogP contribution in [0.3, 0.4) is 0 Å². The van der Waals surface area contributed by atoms with Gasteiger partial charge in [0, 0.05) is 38.2 Å². The van der Waals surface area contributed by atoms with E-state index in [0.717, 1.165) is 42.3 Å². The van der Waals surface area contributed by atoms with Crippen molar-refractivity contribution in [3.05, 3.63) is 17.7 Å². The molecule has 2 atom stereocenters. The zero-order chi connectivity index (χ0) is 23.5. The number of ether oxygens (including phenoxy) is 4. The molecular formula is C23H32NO8+. The van der Waals surface area contributed by atoms with Crippen LogP contribution in [-0.4, -0.2) is 67.0 Å². The van der Waals surface area contributed by atoms with Gasteiger partial charge in [0.25, 0.3) is 0 Å². The van der Waals surface area contributed by atoms with Gasteiger partial charge in [0.15, 0.2) is 11.5 Å². The quantitative estimate of drug-likeness (QED) is 0.348. The number of carboxylic acid groups (broad SMARTS) is 1. The van der Waals surface area contributed by atoms with Crippen molar-refractivity contribution in [2.45, 2.75) is 70.2 Å². The van der Waals surface area contributed by atoms with E-state index in [4.69, 9.17) is 24.1 Å². The Balaban J connectivity index is 1.74. The van der Waals surface area contributed by atoms with Crippen molar-refractivity contribution in [3.8, 4) is 17.2 Å². The van der Waals surface area contributed by atoms with Gasteiger partial charge in [-0.2, -0.15) is 0 Å². The van der Waals surface area contributed by atoms with Crippen molar-refractivity contribution < 1.29 is 42.9 Å². The summed E-state index contributed by atoms with van der Waals surface area (Å²) in [6.07, 6.45) is 3.13. The number of rotatable bonds is 9. The van der Waals surface area contributed by atoms with Crippen LogP contribution in [0.25, 0.3) is 0 Å². The third-order valence-corrected chi connectivity index (χ3v) is 6.70. The zero-order valence-corrected chi connectivity index (χ0v) is 19.1. The molecule has 9 nitrogen and oxygen atoms in total. The lowest BCUT2D eigenvalue weighted by atomic mass is 9.95. The first-order chi connectivity index (χ1) is 15.2. The number of nitrogens with zero attached hydrogens (tertiary/aromatic N) is 1. The molecule has 0 amide bonds. The lowest BCUT2D eigenvalue weighted by molar-refractivity contribution is -0.961. The van der Waals surface area contributed by atoms with E-state index in [9.17, 15) is 14.4 Å². The number of esters is 2. The fourth-order valence-electron chi connectivity index (χ4n) is 5.16. The summed E-state index contributed by atoms with van der Waals surface area (Å²) in [6.45, 7) is 2.07. The van der Waals surface area contributed by atoms with E-state index in [2.05, 4.69) is 7.05 Å². The summed E-state index contributed by atoms with van der Waals surface area (Å²) in [5.74, 6) is -0.745. The second kappa shape index (κ2) is 9.77. The smallest absolute Gasteiger partial charge is 0.308 e. The van der Waals surface area contributed by atoms with E-state index in [1.165, 1.54) is 21.1 Å². The Labute approximate surface area is 187 Å². The van der Waals surface area contributed by atoms with Gasteiger partial charge in [-0.3, -0.25) is 14.4 Å². The Morgan fingerprint density at radius 1 is 1.03 bits per heavy atom. The molecule has 0 aliphatic carbocycles. The van der Waals surface area contributed by atoms with E-state index in [0.29, 0.717) is 23.6 Å². The monoisotopic (exact) mass is 450 g/mol. The molecule has 2 unspecified atom stereocenters. The first-order valence-electron chi connectivity index (χ1n) is 10.9. The Morgan fingerprint density at radius 3 is 2.06 bits per heavy atom. The molecule has 0 spiro atoms. The van der Waals surface area contributed by atoms with Gasteiger partial charge in [0.05, 0.1) is 46.2 Å². The van der Waals surface area contributed by atoms with Crippen LogP contribution in [0.5, 0.6) is 17.2 Å². The number of fused-ring (bicyclic) bond motifs is 2. The number of quaternary nitrogens is 1. The summed E-state index contributed by atoms with van der Waals surface area (Å²) < 4.78 is 22.6. The minimum Gasteiger partial charge on any atom is -0.493 e. The molecule has 9 heteroatoms. The zero-order valence-electron chi connectivity index (χ0n) is 19.1. The van der Waals surface area contributed by atoms with Crippen LogP contribution >= 0.6 is 0 Å². The normalized spacial score (nSPS) is 26.3. The summed E-state index contributed by atoms with van der Waals surface area (Å²) in [6, 6.07) is 4.41. The van der Waals surface area contributed by atoms with Crippen molar-refractivity contribution in [2.24, 2.45) is 0 Å². The summed E-state index contributed by atoms with van der Waals surface area (Å²) in [4.78, 5) is 34.2. The fourth-order valence-corrected chi connectivity index (χ4v) is 5.16. The van der Waals surface area contributed by atoms with E-state index < -0.39 is 17.9 Å². The number of hydrogen-bond acceptors (Lipinski definition) is 7. The maximum Gasteiger partial charge on any atom is 0.308 e. The van der Waals surface area contributed by atoms with Crippen LogP contribution in [0, 0.1) is 0 Å². The molecule has 2 saturated heterocycles. The van der Waals surface area contributed by atoms with Crippen molar-refractivity contribution in [1.29, 1.82) is 0 Å². The second-order valence-electron chi connectivity index (χ2n) is 8.79. The Bertz CT molecular complexity index is 844. The molecule has 2 heterocycles. The largest absolute Gasteiger partial charge is 0.493 e. The van der Waals surface area contributed by atoms with Crippen molar-refractivity contribution in [2.75, 3.05) is 21.3 Å². The lowest BCUT2D eigenvalue weighted by Gasteiger charge is -2.47. The predicted octanol–water partition coefficient (Wildman–Crippen LogP) is 2.68. The molecule has 0 saturated carbocycles. The number of methoxy groups -OCH3 is 2. The molecule has 2 fully saturated rings. The van der Waals surface area contributed by atoms with Gasteiger partial charge < -0.3 is 28.5 Å². The SMILES string of the molecule is COc1cc(C[N+]2(C)C3CCC2CC(OC(=O)CCC(=O)O)C3)cc(OC)c1OC(C)=O. The topological polar surface area (TPSA) is 108 Å². The molecule has 0 aromatic heterocycles. The summed E-state index contributed by atoms with van der Waals surface area (Å²) in [5.41, 5.74) is 1.01. The first-order valence-corrected chi connectivity index (χ1v) is 10.9. The van der Waals surface area contributed by atoms with E-state index in [1.807, 2.05) is 12.1 Å². The molecule has 0 radical (unpaired) electrons. The van der Waals surface area contributed by atoms with Crippen LogP contribution in [-0.2, 0) is 25.7 Å². The molecule has 2 aliphatic heterocycles. The maximum absolute atomic E-state index is 12.0. The second-order valence-corrected chi connectivity index (χ2v) is 8.79. The minimum absolute atomic E-state index is 0.0957. The highest BCUT2D eigenvalue weighted by molar-refractivity contribution is 5.76. The molecule has 32 heavy (non-hydrogen) atoms. The number of carbonyl (C=O) groups excluding carboxylic acids is 2. The number of carboxylic acids is 1. The predicted molar refractivity (Wildman–Crippen MR) is 114 cm³/mol. The summed E-state index contributed by atoms with van der Waals surface area (Å²) >= 11 is 0. The van der Waals surface area contributed by atoms with Crippen molar-refractivity contribution >= 4 is 17.9 Å². The molecule has 1 aromatic rings. The van der Waals surface area contributed by atoms with Gasteiger partial charge in [-0.15, -0.1) is 0 Å². The van der Waals surface area contributed by atoms with Gasteiger partial charge in [-0.25, -0.2) is 0 Å². The van der Waals surface area contributed by atoms with Crippen molar-refractivity contribution in [3.63, 3.8) is 0 Å². The average molecular weight is 451 g/mol. The van der Waals surface area contributed by atoms with Gasteiger partial charge in [-0.1, -0.05) is 0 Å². The Kier molecular flexibility index (Phi) is 7.28. The van der Waals surface area contributed by atoms with E-state index >= 15 is 0 Å². The van der Waals surface area contributed by atoms with Crippen LogP contribution < -0.4 is 14.2 Å². The first kappa shape index (κ1) is 23.8. The Morgan fingerprint density at radius 2 is 1.59 bits per heavy atom. The summed E-state index contributed by atoms with van der Waals surface area (Å²) in [5, 5.41) is 8.75.